The van der Waals surface area contributed by atoms with Crippen molar-refractivity contribution < 1.29 is 10.1 Å². The van der Waals surface area contributed by atoms with E-state index in [0.29, 0.717) is 13.0 Å². The maximum atomic E-state index is 8.00. The van der Waals surface area contributed by atoms with Crippen molar-refractivity contribution in [2.75, 3.05) is 6.61 Å². The van der Waals surface area contributed by atoms with Crippen molar-refractivity contribution >= 4 is 23.6 Å². The Balaban J connectivity index is 2.50. The first-order valence-corrected chi connectivity index (χ1v) is 4.05. The molecule has 0 aliphatic heterocycles. The van der Waals surface area contributed by atoms with Crippen LogP contribution in [0.1, 0.15) is 5.69 Å². The Morgan fingerprint density at radius 3 is 3.10 bits per heavy atom. The minimum atomic E-state index is 0.308. The lowest BCUT2D eigenvalue weighted by Crippen LogP contribution is -1.94. The number of nitrogens with one attached hydrogen (secondary N) is 1. The molecule has 0 aromatic carbocycles. The number of hydrogen-bond donors (Lipinski definition) is 2. The fourth-order valence-corrected chi connectivity index (χ4v) is 1.48. The van der Waals surface area contributed by atoms with E-state index in [1.165, 1.54) is 11.3 Å². The third kappa shape index (κ3) is 2.18. The zero-order valence-electron chi connectivity index (χ0n) is 5.16. The number of rotatable bonds is 3. The molecule has 2 N–H and O–H groups in total. The van der Waals surface area contributed by atoms with E-state index in [2.05, 4.69) is 9.87 Å². The van der Waals surface area contributed by atoms with Gasteiger partial charge in [-0.25, -0.2) is 4.89 Å². The maximum absolute atomic E-state index is 8.00. The summed E-state index contributed by atoms with van der Waals surface area (Å²) >= 11 is 6.32. The molecule has 56 valence electrons. The van der Waals surface area contributed by atoms with Crippen LogP contribution in [-0.4, -0.2) is 16.8 Å². The minimum absolute atomic E-state index is 0.308. The quantitative estimate of drug-likeness (QED) is 0.420. The largest absolute Gasteiger partial charge is 0.341 e. The molecule has 0 aliphatic carbocycles. The summed E-state index contributed by atoms with van der Waals surface area (Å²) in [5, 5.41) is 9.92. The van der Waals surface area contributed by atoms with Crippen LogP contribution in [0.3, 0.4) is 0 Å². The van der Waals surface area contributed by atoms with E-state index >= 15 is 0 Å². The number of aromatic nitrogens is 1. The van der Waals surface area contributed by atoms with Crippen molar-refractivity contribution in [3.63, 3.8) is 0 Å². The highest BCUT2D eigenvalue weighted by Crippen LogP contribution is 2.04. The molecule has 0 aliphatic rings. The van der Waals surface area contributed by atoms with E-state index in [1.54, 1.807) is 0 Å². The predicted molar refractivity (Wildman–Crippen MR) is 41.8 cm³/mol. The molecule has 1 aromatic heterocycles. The van der Waals surface area contributed by atoms with Crippen LogP contribution < -0.4 is 0 Å². The molecular formula is C5H7NO2S2. The van der Waals surface area contributed by atoms with Crippen LogP contribution in [-0.2, 0) is 11.3 Å². The van der Waals surface area contributed by atoms with Crippen molar-refractivity contribution in [2.45, 2.75) is 6.42 Å². The Bertz CT molecular complexity index is 242. The van der Waals surface area contributed by atoms with Gasteiger partial charge >= 0.3 is 0 Å². The molecule has 0 atom stereocenters. The molecular weight excluding hydrogens is 170 g/mol. The zero-order chi connectivity index (χ0) is 7.40. The monoisotopic (exact) mass is 177 g/mol. The highest BCUT2D eigenvalue weighted by atomic mass is 32.1. The normalized spacial score (nSPS) is 10.1. The Kier molecular flexibility index (Phi) is 3.01. The van der Waals surface area contributed by atoms with E-state index in [1.807, 2.05) is 5.38 Å². The fraction of sp³-hybridized carbons (Fsp3) is 0.400. The molecule has 0 fully saturated rings. The minimum Gasteiger partial charge on any atom is -0.341 e. The van der Waals surface area contributed by atoms with Gasteiger partial charge in [0.2, 0.25) is 0 Å². The van der Waals surface area contributed by atoms with Gasteiger partial charge in [-0.2, -0.15) is 0 Å². The lowest BCUT2D eigenvalue weighted by atomic mass is 10.4. The smallest absolute Gasteiger partial charge is 0.158 e. The molecule has 1 heterocycles. The van der Waals surface area contributed by atoms with Crippen molar-refractivity contribution in [1.82, 2.24) is 4.98 Å². The van der Waals surface area contributed by atoms with Gasteiger partial charge in [-0.05, 0) is 12.2 Å². The molecule has 0 saturated heterocycles. The molecule has 0 saturated carbocycles. The van der Waals surface area contributed by atoms with E-state index in [4.69, 9.17) is 17.5 Å². The van der Waals surface area contributed by atoms with Crippen molar-refractivity contribution in [1.29, 1.82) is 0 Å². The number of aromatic amines is 1. The second-order valence-electron chi connectivity index (χ2n) is 1.76. The Morgan fingerprint density at radius 2 is 2.60 bits per heavy atom. The lowest BCUT2D eigenvalue weighted by Gasteiger charge is -1.91. The van der Waals surface area contributed by atoms with Gasteiger partial charge in [-0.15, -0.1) is 11.3 Å². The Labute approximate surface area is 67.2 Å². The molecule has 3 nitrogen and oxygen atoms in total. The van der Waals surface area contributed by atoms with Gasteiger partial charge in [0.25, 0.3) is 0 Å². The van der Waals surface area contributed by atoms with Gasteiger partial charge in [-0.3, -0.25) is 5.26 Å². The summed E-state index contributed by atoms with van der Waals surface area (Å²) < 4.78 is 0.757. The van der Waals surface area contributed by atoms with Gasteiger partial charge < -0.3 is 4.98 Å². The number of hydrogen-bond acceptors (Lipinski definition) is 4. The maximum Gasteiger partial charge on any atom is 0.158 e. The highest BCUT2D eigenvalue weighted by molar-refractivity contribution is 7.73. The van der Waals surface area contributed by atoms with E-state index in [0.717, 1.165) is 9.65 Å². The van der Waals surface area contributed by atoms with Gasteiger partial charge in [0, 0.05) is 17.5 Å². The first kappa shape index (κ1) is 7.87. The first-order valence-electron chi connectivity index (χ1n) is 2.76. The van der Waals surface area contributed by atoms with Gasteiger partial charge in [0.05, 0.1) is 6.61 Å². The molecule has 1 aromatic rings. The molecule has 0 unspecified atom stereocenters. The summed E-state index contributed by atoms with van der Waals surface area (Å²) in [7, 11) is 0. The topological polar surface area (TPSA) is 45.2 Å². The summed E-state index contributed by atoms with van der Waals surface area (Å²) in [6.45, 7) is 0.308. The predicted octanol–water partition coefficient (Wildman–Crippen LogP) is 1.84. The molecule has 0 radical (unpaired) electrons. The van der Waals surface area contributed by atoms with Gasteiger partial charge in [0.15, 0.2) is 3.95 Å². The van der Waals surface area contributed by atoms with Crippen LogP contribution in [0.2, 0.25) is 0 Å². The van der Waals surface area contributed by atoms with E-state index in [-0.39, 0.29) is 0 Å². The fourth-order valence-electron chi connectivity index (χ4n) is 0.592. The van der Waals surface area contributed by atoms with Gasteiger partial charge in [-0.1, -0.05) is 0 Å². The summed E-state index contributed by atoms with van der Waals surface area (Å²) in [4.78, 5) is 6.86. The van der Waals surface area contributed by atoms with Crippen LogP contribution in [0.5, 0.6) is 0 Å². The second-order valence-corrected chi connectivity index (χ2v) is 3.30. The Hall–Kier alpha value is -0.230. The standard InChI is InChI=1S/C5H7NO2S2/c7-8-2-1-4-3-10-5(9)6-4/h3,7H,1-2H2,(H,6,9). The summed E-state index contributed by atoms with van der Waals surface area (Å²) in [5.74, 6) is 0. The summed E-state index contributed by atoms with van der Waals surface area (Å²) in [6, 6.07) is 0. The molecule has 1 rings (SSSR count). The van der Waals surface area contributed by atoms with E-state index in [9.17, 15) is 0 Å². The van der Waals surface area contributed by atoms with Crippen LogP contribution in [0.4, 0.5) is 0 Å². The molecule has 5 heteroatoms. The van der Waals surface area contributed by atoms with Crippen molar-refractivity contribution in [3.8, 4) is 0 Å². The zero-order valence-corrected chi connectivity index (χ0v) is 6.80. The molecule has 10 heavy (non-hydrogen) atoms. The average molecular weight is 177 g/mol. The third-order valence-corrected chi connectivity index (χ3v) is 2.14. The molecule has 0 bridgehead atoms. The number of H-pyrrole nitrogens is 1. The van der Waals surface area contributed by atoms with E-state index < -0.39 is 0 Å². The molecule has 0 spiro atoms. The van der Waals surface area contributed by atoms with Crippen LogP contribution in [0.25, 0.3) is 0 Å². The average Bonchev–Trinajstić information content (AvgIpc) is 2.31. The second kappa shape index (κ2) is 3.82. The SMILES string of the molecule is OOCCc1csc(=S)[nH]1. The van der Waals surface area contributed by atoms with Crippen molar-refractivity contribution in [3.05, 3.63) is 15.0 Å². The summed E-state index contributed by atoms with van der Waals surface area (Å²) in [6.07, 6.45) is 0.670. The Morgan fingerprint density at radius 1 is 1.80 bits per heavy atom. The number of thiazole rings is 1. The third-order valence-electron chi connectivity index (χ3n) is 1.03. The van der Waals surface area contributed by atoms with Gasteiger partial charge in [0.1, 0.15) is 0 Å². The molecule has 0 amide bonds. The highest BCUT2D eigenvalue weighted by Gasteiger charge is 1.92. The van der Waals surface area contributed by atoms with Crippen LogP contribution in [0.15, 0.2) is 5.38 Å². The van der Waals surface area contributed by atoms with Crippen LogP contribution >= 0.6 is 23.6 Å². The van der Waals surface area contributed by atoms with Crippen molar-refractivity contribution in [2.24, 2.45) is 0 Å². The summed E-state index contributed by atoms with van der Waals surface area (Å²) in [5.41, 5.74) is 1.00. The van der Waals surface area contributed by atoms with Crippen LogP contribution in [0, 0.1) is 3.95 Å². The lowest BCUT2D eigenvalue weighted by molar-refractivity contribution is -0.241. The first-order chi connectivity index (χ1) is 4.83.